The van der Waals surface area contributed by atoms with Gasteiger partial charge >= 0.3 is 12.0 Å². The Hall–Kier alpha value is -3.49. The monoisotopic (exact) mass is 373 g/mol. The van der Waals surface area contributed by atoms with Gasteiger partial charge in [-0.3, -0.25) is 4.99 Å². The molecule has 0 heterocycles. The number of anilines is 1. The molecule has 0 spiro atoms. The fourth-order valence-electron chi connectivity index (χ4n) is 2.41. The van der Waals surface area contributed by atoms with Crippen LogP contribution in [0.25, 0.3) is 10.8 Å². The van der Waals surface area contributed by atoms with E-state index in [1.54, 1.807) is 31.3 Å². The molecule has 0 aromatic heterocycles. The van der Waals surface area contributed by atoms with Crippen molar-refractivity contribution in [2.75, 3.05) is 32.6 Å². The number of phenolic OH excluding ortho intramolecular Hbond substituents is 1. The molecule has 144 valence electrons. The number of amides is 2. The number of urea groups is 1. The van der Waals surface area contributed by atoms with Gasteiger partial charge in [-0.1, -0.05) is 6.07 Å². The smallest absolute Gasteiger partial charge is 0.338 e. The number of aliphatic imine (C=N–C) groups is 1. The fourth-order valence-corrected chi connectivity index (χ4v) is 2.41. The summed E-state index contributed by atoms with van der Waals surface area (Å²) in [5, 5.41) is 19.6. The lowest BCUT2D eigenvalue weighted by Crippen LogP contribution is -2.35. The van der Waals surface area contributed by atoms with E-state index in [9.17, 15) is 14.7 Å². The third-order valence-electron chi connectivity index (χ3n) is 3.80. The van der Waals surface area contributed by atoms with Crippen molar-refractivity contribution in [3.05, 3.63) is 35.9 Å². The first-order valence-electron chi connectivity index (χ1n) is 8.30. The van der Waals surface area contributed by atoms with Crippen molar-refractivity contribution in [2.24, 2.45) is 10.7 Å². The van der Waals surface area contributed by atoms with Crippen LogP contribution >= 0.6 is 0 Å². The Morgan fingerprint density at radius 1 is 1.19 bits per heavy atom. The SMILES string of the molecule is CN=C(N)NCCCNC(=O)Nc1ccc2cc(C(=O)OC)cc(O)c2c1. The number of nitrogens with zero attached hydrogens (tertiary/aromatic N) is 1. The number of carbonyl (C=O) groups excluding carboxylic acids is 2. The standard InChI is InChI=1S/C18H23N5O4/c1-20-17(19)21-6-3-7-22-18(26)23-13-5-4-11-8-12(16(25)27-2)9-15(24)14(11)10-13/h4-5,8-10,24H,3,6-7H2,1-2H3,(H3,19,20,21)(H2,22,23,26). The van der Waals surface area contributed by atoms with E-state index >= 15 is 0 Å². The summed E-state index contributed by atoms with van der Waals surface area (Å²) in [5.41, 5.74) is 6.27. The van der Waals surface area contributed by atoms with E-state index in [1.165, 1.54) is 13.2 Å². The highest BCUT2D eigenvalue weighted by molar-refractivity contribution is 6.00. The number of nitrogens with two attached hydrogens (primary N) is 1. The zero-order valence-electron chi connectivity index (χ0n) is 15.2. The van der Waals surface area contributed by atoms with E-state index in [2.05, 4.69) is 25.7 Å². The molecule has 0 fully saturated rings. The number of methoxy groups -OCH3 is 1. The number of phenols is 1. The average Bonchev–Trinajstić information content (AvgIpc) is 2.67. The zero-order chi connectivity index (χ0) is 19.8. The van der Waals surface area contributed by atoms with Gasteiger partial charge in [0.05, 0.1) is 12.7 Å². The van der Waals surface area contributed by atoms with Gasteiger partial charge < -0.3 is 31.5 Å². The molecule has 0 unspecified atom stereocenters. The molecule has 0 radical (unpaired) electrons. The number of aromatic hydroxyl groups is 1. The minimum Gasteiger partial charge on any atom is -0.507 e. The molecule has 0 atom stereocenters. The largest absolute Gasteiger partial charge is 0.507 e. The van der Waals surface area contributed by atoms with Crippen LogP contribution < -0.4 is 21.7 Å². The van der Waals surface area contributed by atoms with Crippen LogP contribution in [0.2, 0.25) is 0 Å². The van der Waals surface area contributed by atoms with Crippen LogP contribution in [0.4, 0.5) is 10.5 Å². The van der Waals surface area contributed by atoms with Gasteiger partial charge in [0.15, 0.2) is 5.96 Å². The van der Waals surface area contributed by atoms with E-state index < -0.39 is 5.97 Å². The highest BCUT2D eigenvalue weighted by atomic mass is 16.5. The van der Waals surface area contributed by atoms with Crippen molar-refractivity contribution in [1.82, 2.24) is 10.6 Å². The Balaban J connectivity index is 1.96. The first-order chi connectivity index (χ1) is 12.9. The van der Waals surface area contributed by atoms with Crippen molar-refractivity contribution in [2.45, 2.75) is 6.42 Å². The van der Waals surface area contributed by atoms with Crippen molar-refractivity contribution in [3.63, 3.8) is 0 Å². The summed E-state index contributed by atoms with van der Waals surface area (Å²) in [6.07, 6.45) is 0.679. The molecule has 0 aliphatic carbocycles. The molecule has 6 N–H and O–H groups in total. The lowest BCUT2D eigenvalue weighted by molar-refractivity contribution is 0.0600. The topological polar surface area (TPSA) is 138 Å². The number of carbonyl (C=O) groups is 2. The number of nitrogens with one attached hydrogen (secondary N) is 3. The van der Waals surface area contributed by atoms with Gasteiger partial charge in [0.25, 0.3) is 0 Å². The number of benzene rings is 2. The number of rotatable bonds is 6. The molecular weight excluding hydrogens is 350 g/mol. The van der Waals surface area contributed by atoms with Gasteiger partial charge in [0.1, 0.15) is 5.75 Å². The summed E-state index contributed by atoms with van der Waals surface area (Å²) in [6.45, 7) is 1.05. The maximum Gasteiger partial charge on any atom is 0.338 e. The first kappa shape index (κ1) is 19.8. The Morgan fingerprint density at radius 3 is 2.63 bits per heavy atom. The maximum atomic E-state index is 12.0. The van der Waals surface area contributed by atoms with E-state index in [4.69, 9.17) is 5.73 Å². The minimum atomic E-state index is -0.532. The summed E-state index contributed by atoms with van der Waals surface area (Å²) < 4.78 is 4.66. The third-order valence-corrected chi connectivity index (χ3v) is 3.80. The molecule has 2 amide bonds. The number of hydrogen-bond donors (Lipinski definition) is 5. The lowest BCUT2D eigenvalue weighted by atomic mass is 10.0. The molecule has 27 heavy (non-hydrogen) atoms. The quantitative estimate of drug-likeness (QED) is 0.224. The van der Waals surface area contributed by atoms with Crippen LogP contribution in [0, 0.1) is 0 Å². The molecule has 0 saturated heterocycles. The number of ether oxygens (including phenoxy) is 1. The van der Waals surface area contributed by atoms with Gasteiger partial charge in [0, 0.05) is 31.2 Å². The summed E-state index contributed by atoms with van der Waals surface area (Å²) in [7, 11) is 2.86. The number of guanidine groups is 1. The Labute approximate surface area is 156 Å². The highest BCUT2D eigenvalue weighted by Crippen LogP contribution is 2.29. The van der Waals surface area contributed by atoms with Gasteiger partial charge in [-0.05, 0) is 36.1 Å². The second-order valence-corrected chi connectivity index (χ2v) is 5.69. The van der Waals surface area contributed by atoms with Crippen LogP contribution in [-0.4, -0.2) is 50.3 Å². The van der Waals surface area contributed by atoms with Crippen LogP contribution in [-0.2, 0) is 4.74 Å². The predicted octanol–water partition coefficient (Wildman–Crippen LogP) is 1.38. The first-order valence-corrected chi connectivity index (χ1v) is 8.30. The van der Waals surface area contributed by atoms with E-state index in [0.717, 1.165) is 0 Å². The van der Waals surface area contributed by atoms with E-state index in [-0.39, 0.29) is 17.3 Å². The molecular formula is C18H23N5O4. The van der Waals surface area contributed by atoms with Crippen molar-refractivity contribution >= 4 is 34.4 Å². The number of esters is 1. The second-order valence-electron chi connectivity index (χ2n) is 5.69. The minimum absolute atomic E-state index is 0.0711. The summed E-state index contributed by atoms with van der Waals surface area (Å²) in [5.74, 6) is -0.251. The van der Waals surface area contributed by atoms with Crippen LogP contribution in [0.5, 0.6) is 5.75 Å². The molecule has 0 bridgehead atoms. The van der Waals surface area contributed by atoms with Crippen LogP contribution in [0.1, 0.15) is 16.8 Å². The normalized spacial score (nSPS) is 11.1. The van der Waals surface area contributed by atoms with Crippen LogP contribution in [0.15, 0.2) is 35.3 Å². The second kappa shape index (κ2) is 9.27. The summed E-state index contributed by atoms with van der Waals surface area (Å²) in [4.78, 5) is 27.3. The Morgan fingerprint density at radius 2 is 1.93 bits per heavy atom. The molecule has 2 aromatic carbocycles. The zero-order valence-corrected chi connectivity index (χ0v) is 15.2. The Kier molecular flexibility index (Phi) is 6.81. The van der Waals surface area contributed by atoms with Gasteiger partial charge in [-0.2, -0.15) is 0 Å². The number of hydrogen-bond acceptors (Lipinski definition) is 5. The van der Waals surface area contributed by atoms with Gasteiger partial charge in [-0.15, -0.1) is 0 Å². The molecule has 0 saturated carbocycles. The van der Waals surface area contributed by atoms with Crippen molar-refractivity contribution in [3.8, 4) is 5.75 Å². The molecule has 9 nitrogen and oxygen atoms in total. The molecule has 0 aliphatic rings. The van der Waals surface area contributed by atoms with Gasteiger partial charge in [-0.25, -0.2) is 9.59 Å². The molecule has 2 rings (SSSR count). The average molecular weight is 373 g/mol. The van der Waals surface area contributed by atoms with E-state index in [1.807, 2.05) is 0 Å². The molecule has 2 aromatic rings. The summed E-state index contributed by atoms with van der Waals surface area (Å²) in [6, 6.07) is 7.60. The highest BCUT2D eigenvalue weighted by Gasteiger charge is 2.11. The van der Waals surface area contributed by atoms with E-state index in [0.29, 0.717) is 41.9 Å². The molecule has 9 heteroatoms. The van der Waals surface area contributed by atoms with Crippen molar-refractivity contribution in [1.29, 1.82) is 0 Å². The Bertz CT molecular complexity index is 866. The molecule has 0 aliphatic heterocycles. The van der Waals surface area contributed by atoms with Gasteiger partial charge in [0.2, 0.25) is 0 Å². The van der Waals surface area contributed by atoms with Crippen molar-refractivity contribution < 1.29 is 19.4 Å². The lowest BCUT2D eigenvalue weighted by Gasteiger charge is -2.10. The maximum absolute atomic E-state index is 12.0. The third kappa shape index (κ3) is 5.50. The predicted molar refractivity (Wildman–Crippen MR) is 104 cm³/mol. The van der Waals surface area contributed by atoms with Crippen LogP contribution in [0.3, 0.4) is 0 Å². The number of fused-ring (bicyclic) bond motifs is 1. The fraction of sp³-hybridized carbons (Fsp3) is 0.278. The summed E-state index contributed by atoms with van der Waals surface area (Å²) >= 11 is 0.